The van der Waals surface area contributed by atoms with Crippen LogP contribution in [-0.2, 0) is 40.0 Å². The molecule has 3 heterocycles. The van der Waals surface area contributed by atoms with Crippen molar-refractivity contribution in [2.24, 2.45) is 28.7 Å². The van der Waals surface area contributed by atoms with Crippen molar-refractivity contribution < 1.29 is 52.6 Å². The van der Waals surface area contributed by atoms with E-state index in [4.69, 9.17) is 43.1 Å². The summed E-state index contributed by atoms with van der Waals surface area (Å²) in [6, 6.07) is 6.10. The van der Waals surface area contributed by atoms with Crippen LogP contribution in [0.25, 0.3) is 10.9 Å². The van der Waals surface area contributed by atoms with Crippen LogP contribution in [0.15, 0.2) is 48.5 Å². The number of benzene rings is 2. The first-order valence-corrected chi connectivity index (χ1v) is 29.6. The van der Waals surface area contributed by atoms with Crippen molar-refractivity contribution in [2.45, 2.75) is 120 Å². The van der Waals surface area contributed by atoms with E-state index in [2.05, 4.69) is 37.2 Å². The number of fused-ring (bicyclic) bond motifs is 2. The maximum absolute atomic E-state index is 14.5. The van der Waals surface area contributed by atoms with Gasteiger partial charge in [0.05, 0.1) is 23.2 Å². The first-order chi connectivity index (χ1) is 38.6. The average molecular weight is 1150 g/mol. The second-order valence-corrected chi connectivity index (χ2v) is 21.8. The lowest BCUT2D eigenvalue weighted by molar-refractivity contribution is -0.132. The Balaban J connectivity index is 1.41. The Bertz CT molecular complexity index is 2620. The molecule has 5 rings (SSSR count). The van der Waals surface area contributed by atoms with Gasteiger partial charge in [-0.2, -0.15) is 0 Å². The van der Waals surface area contributed by atoms with E-state index in [-0.39, 0.29) is 68.0 Å². The number of nitrogens with two attached hydrogens (primary N) is 5. The molecular formula is C53H78N14O11S2. The van der Waals surface area contributed by atoms with Gasteiger partial charge in [0.1, 0.15) is 36.3 Å². The van der Waals surface area contributed by atoms with Gasteiger partial charge in [0.25, 0.3) is 11.8 Å². The number of nitrogens with zero attached hydrogens (tertiary/aromatic N) is 2. The Hall–Kier alpha value is -6.78. The number of primary amides is 1. The number of ether oxygens (including phenoxy) is 2. The molecule has 3 aromatic rings. The lowest BCUT2D eigenvalue weighted by Gasteiger charge is -2.28. The smallest absolute Gasteiger partial charge is 0.256 e. The summed E-state index contributed by atoms with van der Waals surface area (Å²) in [6.07, 6.45) is 4.04. The third kappa shape index (κ3) is 19.5. The molecule has 438 valence electrons. The Morgan fingerprint density at radius 1 is 0.650 bits per heavy atom. The number of rotatable bonds is 35. The molecule has 0 radical (unpaired) electrons. The van der Waals surface area contributed by atoms with Gasteiger partial charge in [-0.3, -0.25) is 48.1 Å². The van der Waals surface area contributed by atoms with E-state index >= 15 is 0 Å². The summed E-state index contributed by atoms with van der Waals surface area (Å²) in [6.45, 7) is 3.91. The van der Waals surface area contributed by atoms with E-state index in [0.29, 0.717) is 101 Å². The molecule has 1 saturated heterocycles. The first kappa shape index (κ1) is 64.0. The molecule has 0 aliphatic carbocycles. The summed E-state index contributed by atoms with van der Waals surface area (Å²) in [4.78, 5) is 131. The summed E-state index contributed by atoms with van der Waals surface area (Å²) in [5, 5.41) is 19.9. The number of nitrogens with one attached hydrogen (secondary N) is 7. The monoisotopic (exact) mass is 1150 g/mol. The van der Waals surface area contributed by atoms with Gasteiger partial charge in [-0.1, -0.05) is 46.7 Å². The van der Waals surface area contributed by atoms with Gasteiger partial charge in [-0.25, -0.2) is 0 Å². The van der Waals surface area contributed by atoms with Gasteiger partial charge in [0.15, 0.2) is 11.5 Å². The van der Waals surface area contributed by atoms with Crippen LogP contribution in [0, 0.1) is 0 Å². The first-order valence-electron chi connectivity index (χ1n) is 27.1. The van der Waals surface area contributed by atoms with Crippen molar-refractivity contribution in [3.8, 4) is 11.5 Å². The minimum Gasteiger partial charge on any atom is -0.454 e. The molecule has 27 heteroatoms. The molecule has 9 amide bonds. The SMILES string of the molecule is CCc1nc2ccccc2cc1C(=O)N1CCC[C@H]1C(=O)N[C@@H](CSSC[C@H](NC(=O)[C@H](CC(N)=O)NC(=O)c1ccc2c(c1)OCO2)C(=O)N[C@@H](CCCCN)C(=O)NCCCN)C(=O)N[C@@H](CCCCN)C(=O)NCCCN. The second kappa shape index (κ2) is 33.7. The molecular weight excluding hydrogens is 1070 g/mol. The van der Waals surface area contributed by atoms with Gasteiger partial charge in [0, 0.05) is 42.1 Å². The highest BCUT2D eigenvalue weighted by Gasteiger charge is 2.38. The van der Waals surface area contributed by atoms with Crippen molar-refractivity contribution in [3.05, 3.63) is 65.4 Å². The van der Waals surface area contributed by atoms with Crippen LogP contribution in [0.2, 0.25) is 0 Å². The lowest BCUT2D eigenvalue weighted by Crippen LogP contribution is -2.58. The van der Waals surface area contributed by atoms with Crippen molar-refractivity contribution in [2.75, 3.05) is 64.1 Å². The summed E-state index contributed by atoms with van der Waals surface area (Å²) < 4.78 is 10.7. The highest BCUT2D eigenvalue weighted by atomic mass is 33.1. The number of hydrogen-bond acceptors (Lipinski definition) is 18. The fourth-order valence-corrected chi connectivity index (χ4v) is 11.1. The fraction of sp³-hybridized carbons (Fsp3) is 0.547. The number of pyridine rings is 1. The average Bonchev–Trinajstić information content (AvgIpc) is 4.15. The van der Waals surface area contributed by atoms with Crippen LogP contribution in [0.1, 0.15) is 104 Å². The third-order valence-corrected chi connectivity index (χ3v) is 15.6. The minimum atomic E-state index is -1.58. The number of amides is 9. The topological polar surface area (TPSA) is 403 Å². The molecule has 1 aromatic heterocycles. The molecule has 6 atom stereocenters. The standard InChI is InChI=1S/C53H78N14O11S2/c1-2-35-34(26-32-12-3-4-13-36(32)61-35)53(76)67-25-9-16-42(67)52(75)66-41(51(74)63-38(15-6-8-20-55)48(71)60-24-11-22-57)30-80-79-29-40(50(73)62-37(14-5-7-19-54)47(70)59-23-10-21-56)65-49(72)39(28-45(58)68)64-46(69)33-17-18-43-44(27-33)78-31-77-43/h3-4,12-13,17-18,26-27,37-42H,2,5-11,14-16,19-25,28-31,54-57H2,1H3,(H2,58,68)(H,59,70)(H,60,71)(H,62,73)(H,63,74)(H,64,69)(H,65,72)(H,66,75)/t37-,38-,39-,40-,41-,42-/m0/s1. The largest absolute Gasteiger partial charge is 0.454 e. The number of aryl methyl sites for hydroxylation is 1. The maximum Gasteiger partial charge on any atom is 0.256 e. The molecule has 2 aliphatic rings. The summed E-state index contributed by atoms with van der Waals surface area (Å²) in [5.74, 6) is -5.86. The number of aromatic nitrogens is 1. The predicted molar refractivity (Wildman–Crippen MR) is 305 cm³/mol. The minimum absolute atomic E-state index is 0.0594. The molecule has 17 N–H and O–H groups in total. The van der Waals surface area contributed by atoms with Crippen molar-refractivity contribution in [1.29, 1.82) is 0 Å². The zero-order chi connectivity index (χ0) is 58.0. The fourth-order valence-electron chi connectivity index (χ4n) is 8.82. The zero-order valence-corrected chi connectivity index (χ0v) is 46.9. The normalized spacial score (nSPS) is 15.4. The second-order valence-electron chi connectivity index (χ2n) is 19.2. The lowest BCUT2D eigenvalue weighted by atomic mass is 10.1. The number of likely N-dealkylation sites (tertiary alicyclic amines) is 1. The molecule has 2 aliphatic heterocycles. The highest BCUT2D eigenvalue weighted by Crippen LogP contribution is 2.33. The molecule has 1 fully saturated rings. The number of hydrogen-bond donors (Lipinski definition) is 12. The van der Waals surface area contributed by atoms with Crippen LogP contribution in [0.4, 0.5) is 0 Å². The van der Waals surface area contributed by atoms with Gasteiger partial charge >= 0.3 is 0 Å². The molecule has 2 aromatic carbocycles. The van der Waals surface area contributed by atoms with Crippen LogP contribution < -0.4 is 75.4 Å². The maximum atomic E-state index is 14.5. The number of carbonyl (C=O) groups excluding carboxylic acids is 9. The van der Waals surface area contributed by atoms with Crippen molar-refractivity contribution in [1.82, 2.24) is 47.1 Å². The Morgan fingerprint density at radius 2 is 1.21 bits per heavy atom. The van der Waals surface area contributed by atoms with Crippen LogP contribution in [0.5, 0.6) is 11.5 Å². The predicted octanol–water partition coefficient (Wildman–Crippen LogP) is -0.687. The van der Waals surface area contributed by atoms with Crippen molar-refractivity contribution >= 4 is 85.7 Å². The summed E-state index contributed by atoms with van der Waals surface area (Å²) in [5.41, 5.74) is 30.1. The number of unbranched alkanes of at least 4 members (excludes halogenated alkanes) is 2. The summed E-state index contributed by atoms with van der Waals surface area (Å²) >= 11 is 0. The van der Waals surface area contributed by atoms with Gasteiger partial charge in [-0.15, -0.1) is 0 Å². The quantitative estimate of drug-likeness (QED) is 0.0256. The number of carbonyl (C=O) groups is 9. The molecule has 25 nitrogen and oxygen atoms in total. The summed E-state index contributed by atoms with van der Waals surface area (Å²) in [7, 11) is 2.06. The van der Waals surface area contributed by atoms with Crippen molar-refractivity contribution in [3.63, 3.8) is 0 Å². The number of para-hydroxylation sites is 1. The van der Waals surface area contributed by atoms with E-state index < -0.39 is 89.9 Å². The Morgan fingerprint density at radius 3 is 1.80 bits per heavy atom. The Labute approximate surface area is 473 Å². The van der Waals surface area contributed by atoms with E-state index in [1.165, 1.54) is 23.1 Å². The Kier molecular flexibility index (Phi) is 27.0. The van der Waals surface area contributed by atoms with Crippen LogP contribution >= 0.6 is 21.6 Å². The zero-order valence-electron chi connectivity index (χ0n) is 45.2. The molecule has 0 bridgehead atoms. The van der Waals surface area contributed by atoms with E-state index in [0.717, 1.165) is 32.5 Å². The van der Waals surface area contributed by atoms with E-state index in [1.54, 1.807) is 6.07 Å². The molecule has 0 saturated carbocycles. The highest BCUT2D eigenvalue weighted by molar-refractivity contribution is 8.76. The van der Waals surface area contributed by atoms with E-state index in [9.17, 15) is 43.2 Å². The van der Waals surface area contributed by atoms with Crippen LogP contribution in [-0.4, -0.2) is 163 Å². The van der Waals surface area contributed by atoms with Gasteiger partial charge in [-0.05, 0) is 127 Å². The molecule has 0 unspecified atom stereocenters. The van der Waals surface area contributed by atoms with E-state index in [1.807, 2.05) is 31.2 Å². The molecule has 80 heavy (non-hydrogen) atoms. The van der Waals surface area contributed by atoms with Gasteiger partial charge < -0.3 is 80.3 Å². The molecule has 0 spiro atoms. The van der Waals surface area contributed by atoms with Crippen LogP contribution in [0.3, 0.4) is 0 Å². The third-order valence-electron chi connectivity index (χ3n) is 13.2. The van der Waals surface area contributed by atoms with Gasteiger partial charge in [0.2, 0.25) is 48.1 Å².